The van der Waals surface area contributed by atoms with Crippen LogP contribution in [0, 0.1) is 17.8 Å². The minimum atomic E-state index is -4.81. The molecule has 3 N–H and O–H groups in total. The molecule has 5 atom stereocenters. The summed E-state index contributed by atoms with van der Waals surface area (Å²) in [7, 11) is 1.32. The number of likely N-dealkylation sites (tertiary alicyclic amines) is 2. The maximum atomic E-state index is 13.2. The number of carbonyl (C=O) groups excluding carboxylic acids is 2. The molecular weight excluding hydrogens is 495 g/mol. The third kappa shape index (κ3) is 5.88. The highest BCUT2D eigenvalue weighted by atomic mass is 19.4. The van der Waals surface area contributed by atoms with Crippen molar-refractivity contribution in [3.8, 4) is 11.5 Å². The number of amides is 2. The first-order chi connectivity index (χ1) is 17.7. The van der Waals surface area contributed by atoms with E-state index in [0.717, 1.165) is 44.4 Å². The van der Waals surface area contributed by atoms with Gasteiger partial charge in [0.2, 0.25) is 5.91 Å². The van der Waals surface area contributed by atoms with Crippen molar-refractivity contribution in [2.24, 2.45) is 17.8 Å². The average Bonchev–Trinajstić information content (AvgIpc) is 3.52. The third-order valence-electron chi connectivity index (χ3n) is 7.93. The van der Waals surface area contributed by atoms with E-state index in [0.29, 0.717) is 37.2 Å². The molecule has 3 saturated heterocycles. The minimum absolute atomic E-state index is 0.0135. The summed E-state index contributed by atoms with van der Waals surface area (Å²) < 4.78 is 51.9. The first-order valence-corrected chi connectivity index (χ1v) is 12.6. The van der Waals surface area contributed by atoms with Crippen LogP contribution in [0.15, 0.2) is 18.2 Å². The Morgan fingerprint density at radius 2 is 1.78 bits per heavy atom. The number of fused-ring (bicyclic) bond motifs is 2. The van der Waals surface area contributed by atoms with Crippen molar-refractivity contribution in [2.45, 2.75) is 50.7 Å². The second kappa shape index (κ2) is 10.5. The second-order valence-electron chi connectivity index (χ2n) is 10.2. The van der Waals surface area contributed by atoms with E-state index >= 15 is 0 Å². The molecule has 0 bridgehead atoms. The highest BCUT2D eigenvalue weighted by molar-refractivity contribution is 5.79. The standard InChI is InChI=1S/C24H32F3N5O5/c1-35-21-9-18(37-24(25,26)27)4-2-16(21)13-36-23(34)31-7-6-15-10-32(12-17(15)11-31)22(33)14-3-5-19-20(8-14)29-30-28-19/h2,4,9,14-15,17,19-20,28-30H,3,5-8,10-13H2,1H3/t14?,15-,17-,19?,20?/m1/s1. The molecule has 1 aromatic rings. The van der Waals surface area contributed by atoms with Gasteiger partial charge in [-0.05, 0) is 49.7 Å². The molecule has 2 amide bonds. The maximum Gasteiger partial charge on any atom is 0.573 e. The summed E-state index contributed by atoms with van der Waals surface area (Å²) in [6.45, 7) is 2.26. The fourth-order valence-electron chi connectivity index (χ4n) is 6.00. The van der Waals surface area contributed by atoms with Crippen LogP contribution >= 0.6 is 0 Å². The summed E-state index contributed by atoms with van der Waals surface area (Å²) in [5.41, 5.74) is 9.77. The van der Waals surface area contributed by atoms with Gasteiger partial charge >= 0.3 is 12.5 Å². The number of hydrazine groups is 2. The first kappa shape index (κ1) is 25.9. The molecule has 4 fully saturated rings. The first-order valence-electron chi connectivity index (χ1n) is 12.6. The van der Waals surface area contributed by atoms with Crippen molar-refractivity contribution in [1.29, 1.82) is 0 Å². The summed E-state index contributed by atoms with van der Waals surface area (Å²) in [5.74, 6) is 0.496. The fraction of sp³-hybridized carbons (Fsp3) is 0.667. The number of nitrogens with one attached hydrogen (secondary N) is 3. The lowest BCUT2D eigenvalue weighted by Crippen LogP contribution is -2.45. The van der Waals surface area contributed by atoms with Crippen LogP contribution in [0.2, 0.25) is 0 Å². The number of carbonyl (C=O) groups is 2. The van der Waals surface area contributed by atoms with Gasteiger partial charge in [0.25, 0.3) is 0 Å². The van der Waals surface area contributed by atoms with E-state index < -0.39 is 18.2 Å². The number of nitrogens with zero attached hydrogens (tertiary/aromatic N) is 2. The number of alkyl halides is 3. The molecule has 0 radical (unpaired) electrons. The Hall–Kier alpha value is -2.77. The molecule has 0 spiro atoms. The Morgan fingerprint density at radius 3 is 2.57 bits per heavy atom. The lowest BCUT2D eigenvalue weighted by atomic mass is 9.82. The van der Waals surface area contributed by atoms with Gasteiger partial charge in [-0.3, -0.25) is 4.79 Å². The van der Waals surface area contributed by atoms with Gasteiger partial charge < -0.3 is 24.0 Å². The van der Waals surface area contributed by atoms with E-state index in [9.17, 15) is 22.8 Å². The smallest absolute Gasteiger partial charge is 0.496 e. The number of methoxy groups -OCH3 is 1. The molecule has 0 aromatic heterocycles. The predicted octanol–water partition coefficient (Wildman–Crippen LogP) is 2.16. The van der Waals surface area contributed by atoms with Crippen molar-refractivity contribution >= 4 is 12.0 Å². The van der Waals surface area contributed by atoms with Crippen LogP contribution in [0.3, 0.4) is 0 Å². The van der Waals surface area contributed by atoms with E-state index in [1.807, 2.05) is 4.90 Å². The zero-order valence-electron chi connectivity index (χ0n) is 20.6. The van der Waals surface area contributed by atoms with Gasteiger partial charge in [-0.25, -0.2) is 15.6 Å². The van der Waals surface area contributed by atoms with E-state index in [4.69, 9.17) is 9.47 Å². The van der Waals surface area contributed by atoms with Crippen LogP contribution in [0.4, 0.5) is 18.0 Å². The quantitative estimate of drug-likeness (QED) is 0.536. The van der Waals surface area contributed by atoms with Gasteiger partial charge in [-0.1, -0.05) is 0 Å². The zero-order chi connectivity index (χ0) is 26.2. The molecule has 13 heteroatoms. The molecule has 204 valence electrons. The summed E-state index contributed by atoms with van der Waals surface area (Å²) in [5, 5.41) is 0. The molecule has 37 heavy (non-hydrogen) atoms. The Morgan fingerprint density at radius 1 is 1.03 bits per heavy atom. The molecular formula is C24H32F3N5O5. The summed E-state index contributed by atoms with van der Waals surface area (Å²) in [6.07, 6.45) is -1.89. The fourth-order valence-corrected chi connectivity index (χ4v) is 6.00. The number of hydrogen-bond donors (Lipinski definition) is 3. The molecule has 1 saturated carbocycles. The second-order valence-corrected chi connectivity index (χ2v) is 10.2. The monoisotopic (exact) mass is 527 g/mol. The van der Waals surface area contributed by atoms with Gasteiger partial charge in [-0.2, -0.15) is 5.53 Å². The van der Waals surface area contributed by atoms with Gasteiger partial charge in [0.15, 0.2) is 0 Å². The SMILES string of the molecule is COc1cc(OC(F)(F)F)ccc1COC(=O)N1CC[C@@H]2CN(C(=O)C3CCC4NNNC4C3)C[C@H]2C1. The molecule has 3 unspecified atom stereocenters. The third-order valence-corrected chi connectivity index (χ3v) is 7.93. The number of rotatable bonds is 5. The van der Waals surface area contributed by atoms with E-state index in [1.54, 1.807) is 4.90 Å². The largest absolute Gasteiger partial charge is 0.573 e. The van der Waals surface area contributed by atoms with Crippen molar-refractivity contribution < 1.29 is 37.0 Å². The molecule has 1 aromatic carbocycles. The minimum Gasteiger partial charge on any atom is -0.496 e. The molecule has 5 rings (SSSR count). The molecule has 3 heterocycles. The Bertz CT molecular complexity index is 1010. The van der Waals surface area contributed by atoms with Crippen LogP contribution < -0.4 is 25.9 Å². The highest BCUT2D eigenvalue weighted by Gasteiger charge is 2.44. The molecule has 3 aliphatic heterocycles. The molecule has 10 nitrogen and oxygen atoms in total. The summed E-state index contributed by atoms with van der Waals surface area (Å²) >= 11 is 0. The normalized spacial score (nSPS) is 29.5. The van der Waals surface area contributed by atoms with Crippen LogP contribution in [0.5, 0.6) is 11.5 Å². The Labute approximate surface area is 212 Å². The average molecular weight is 528 g/mol. The molecule has 4 aliphatic rings. The molecule has 1 aliphatic carbocycles. The number of ether oxygens (including phenoxy) is 3. The van der Waals surface area contributed by atoms with Crippen molar-refractivity contribution in [1.82, 2.24) is 26.2 Å². The topological polar surface area (TPSA) is 104 Å². The number of halogens is 3. The lowest BCUT2D eigenvalue weighted by molar-refractivity contribution is -0.274. The highest BCUT2D eigenvalue weighted by Crippen LogP contribution is 2.35. The van der Waals surface area contributed by atoms with Gasteiger partial charge in [0, 0.05) is 55.8 Å². The Balaban J connectivity index is 1.12. The Kier molecular flexibility index (Phi) is 7.37. The van der Waals surface area contributed by atoms with Gasteiger partial charge in [0.05, 0.1) is 7.11 Å². The van der Waals surface area contributed by atoms with Crippen molar-refractivity contribution in [3.63, 3.8) is 0 Å². The zero-order valence-corrected chi connectivity index (χ0v) is 20.6. The van der Waals surface area contributed by atoms with Crippen LogP contribution in [0.25, 0.3) is 0 Å². The van der Waals surface area contributed by atoms with Crippen molar-refractivity contribution in [3.05, 3.63) is 23.8 Å². The van der Waals surface area contributed by atoms with E-state index in [2.05, 4.69) is 21.1 Å². The number of piperidine rings is 1. The summed E-state index contributed by atoms with van der Waals surface area (Å²) in [4.78, 5) is 29.6. The van der Waals surface area contributed by atoms with Crippen LogP contribution in [-0.4, -0.2) is 73.5 Å². The van der Waals surface area contributed by atoms with Crippen LogP contribution in [-0.2, 0) is 16.1 Å². The number of benzene rings is 1. The van der Waals surface area contributed by atoms with Gasteiger partial charge in [0.1, 0.15) is 18.1 Å². The summed E-state index contributed by atoms with van der Waals surface area (Å²) in [6, 6.07) is 4.24. The van der Waals surface area contributed by atoms with Crippen molar-refractivity contribution in [2.75, 3.05) is 33.3 Å². The predicted molar refractivity (Wildman–Crippen MR) is 124 cm³/mol. The maximum absolute atomic E-state index is 13.2. The van der Waals surface area contributed by atoms with E-state index in [-0.39, 0.29) is 36.1 Å². The number of hydrogen-bond acceptors (Lipinski definition) is 8. The lowest BCUT2D eigenvalue weighted by Gasteiger charge is -2.33. The van der Waals surface area contributed by atoms with Gasteiger partial charge in [-0.15, -0.1) is 13.2 Å². The van der Waals surface area contributed by atoms with E-state index in [1.165, 1.54) is 13.2 Å². The van der Waals surface area contributed by atoms with Crippen LogP contribution in [0.1, 0.15) is 31.2 Å².